The van der Waals surface area contributed by atoms with Crippen LogP contribution in [0.3, 0.4) is 0 Å². The fraction of sp³-hybridized carbons (Fsp3) is 0.757. The number of ether oxygens (including phenoxy) is 2. The number of ketones is 1. The van der Waals surface area contributed by atoms with Gasteiger partial charge in [-0.25, -0.2) is 0 Å². The third kappa shape index (κ3) is 7.50. The maximum Gasteiger partial charge on any atom is 0.159 e. The second-order valence-corrected chi connectivity index (χ2v) is 30.9. The van der Waals surface area contributed by atoms with Crippen molar-refractivity contribution < 1.29 is 39.8 Å². The fourth-order valence-electron chi connectivity index (χ4n) is 23.4. The number of epoxide rings is 1. The maximum absolute atomic E-state index is 16.3. The van der Waals surface area contributed by atoms with Crippen LogP contribution in [-0.4, -0.2) is 92.8 Å². The lowest BCUT2D eigenvalue weighted by molar-refractivity contribution is -0.226. The minimum Gasteiger partial charge on any atom is -0.396 e. The quantitative estimate of drug-likeness (QED) is 0.0678. The van der Waals surface area contributed by atoms with Crippen molar-refractivity contribution in [3.63, 3.8) is 0 Å². The third-order valence-electron chi connectivity index (χ3n) is 27.4. The van der Waals surface area contributed by atoms with Gasteiger partial charge >= 0.3 is 0 Å². The van der Waals surface area contributed by atoms with E-state index in [1.54, 1.807) is 0 Å². The van der Waals surface area contributed by atoms with Crippen LogP contribution in [0.4, 0.5) is 0 Å². The topological polar surface area (TPSA) is 178 Å². The number of nitrogens with one attached hydrogen (secondary N) is 1. The molecule has 13 aliphatic rings. The van der Waals surface area contributed by atoms with E-state index in [9.17, 15) is 25.5 Å². The molecule has 0 amide bonds. The normalized spacial score (nSPS) is 46.1. The molecule has 18 atom stereocenters. The van der Waals surface area contributed by atoms with Crippen LogP contribution in [0.15, 0.2) is 71.1 Å². The predicted octanol–water partition coefficient (Wildman–Crippen LogP) is 10.3. The number of benzene rings is 1. The van der Waals surface area contributed by atoms with Gasteiger partial charge < -0.3 is 46.1 Å². The second kappa shape index (κ2) is 18.9. The van der Waals surface area contributed by atoms with E-state index < -0.39 is 62.7 Å². The van der Waals surface area contributed by atoms with Crippen LogP contribution in [-0.2, 0) is 27.1 Å². The van der Waals surface area contributed by atoms with Crippen molar-refractivity contribution >= 4 is 5.78 Å². The van der Waals surface area contributed by atoms with Crippen LogP contribution in [0.25, 0.3) is 0 Å². The molecule has 2 saturated heterocycles. The number of hydrogen-bond acceptors (Lipinski definition) is 10. The van der Waals surface area contributed by atoms with E-state index in [0.29, 0.717) is 75.3 Å². The highest BCUT2D eigenvalue weighted by Gasteiger charge is 2.82. The van der Waals surface area contributed by atoms with Gasteiger partial charge in [-0.2, -0.15) is 0 Å². The fourth-order valence-corrected chi connectivity index (χ4v) is 23.4. The average Bonchev–Trinajstić information content (AvgIpc) is 1.47. The Labute approximate surface area is 477 Å². The Balaban J connectivity index is 0.928. The number of rotatable bonds is 10. The van der Waals surface area contributed by atoms with Gasteiger partial charge in [0.1, 0.15) is 17.8 Å². The predicted molar refractivity (Wildman–Crippen MR) is 309 cm³/mol. The van der Waals surface area contributed by atoms with Gasteiger partial charge in [0, 0.05) is 53.1 Å². The molecule has 0 radical (unpaired) electrons. The van der Waals surface area contributed by atoms with E-state index in [-0.39, 0.29) is 59.4 Å². The number of dihydropyridines is 1. The summed E-state index contributed by atoms with van der Waals surface area (Å²) in [5.41, 5.74) is 5.77. The van der Waals surface area contributed by atoms with E-state index in [1.165, 1.54) is 55.2 Å². The number of carbonyl (C=O) groups is 1. The van der Waals surface area contributed by atoms with Crippen LogP contribution in [0, 0.1) is 91.2 Å². The third-order valence-corrected chi connectivity index (χ3v) is 27.4. The highest BCUT2D eigenvalue weighted by molar-refractivity contribution is 5.95. The number of fused-ring (bicyclic) bond motifs is 4. The molecular weight excluding hydrogens is 997 g/mol. The SMILES string of the molecule is CC1CCOC(C2OC2C(C)(O)C(C)(CO)CCC2=CCNC(N)=C2)(C2CCC3(O)C4=CC(=O)C5CC(O)CC67C8C=C(C9(CO)CCCC9)CC56C4C(CCc4ccccc4CC#CC7C4(CCC5(CCCC5)C4)C8)CC23C)C1. The molecular formula is C70H96N2O8. The molecule has 18 unspecified atom stereocenters. The summed E-state index contributed by atoms with van der Waals surface area (Å²) in [6.45, 7) is 9.62. The Morgan fingerprint density at radius 3 is 2.44 bits per heavy atom. The van der Waals surface area contributed by atoms with Crippen molar-refractivity contribution in [1.29, 1.82) is 0 Å². The summed E-state index contributed by atoms with van der Waals surface area (Å²) >= 11 is 0. The molecule has 8 N–H and O–H groups in total. The zero-order chi connectivity index (χ0) is 55.5. The summed E-state index contributed by atoms with van der Waals surface area (Å²) in [4.78, 5) is 16.3. The Bertz CT molecular complexity index is 2860. The van der Waals surface area contributed by atoms with Crippen LogP contribution in [0.5, 0.6) is 0 Å². The first-order valence-corrected chi connectivity index (χ1v) is 32.4. The first-order chi connectivity index (χ1) is 38.3. The largest absolute Gasteiger partial charge is 0.396 e. The van der Waals surface area contributed by atoms with Gasteiger partial charge in [0.15, 0.2) is 5.78 Å². The molecule has 3 heterocycles. The monoisotopic (exact) mass is 1090 g/mol. The number of aliphatic hydroxyl groups is 5. The molecule has 4 spiro atoms. The molecule has 0 bridgehead atoms. The molecule has 7 saturated carbocycles. The Morgan fingerprint density at radius 1 is 0.912 bits per heavy atom. The summed E-state index contributed by atoms with van der Waals surface area (Å²) in [5.74, 6) is 8.69. The number of aliphatic hydroxyl groups excluding tert-OH is 3. The summed E-state index contributed by atoms with van der Waals surface area (Å²) in [5, 5.41) is 66.9. The van der Waals surface area contributed by atoms with Crippen molar-refractivity contribution in [3.05, 3.63) is 82.2 Å². The lowest BCUT2D eigenvalue weighted by Crippen LogP contribution is -2.71. The van der Waals surface area contributed by atoms with E-state index >= 15 is 4.79 Å². The number of allylic oxidation sites excluding steroid dienone is 4. The van der Waals surface area contributed by atoms with Crippen molar-refractivity contribution in [1.82, 2.24) is 5.32 Å². The molecule has 9 fully saturated rings. The van der Waals surface area contributed by atoms with E-state index in [0.717, 1.165) is 88.2 Å². The van der Waals surface area contributed by atoms with Crippen LogP contribution < -0.4 is 11.1 Å². The van der Waals surface area contributed by atoms with Crippen LogP contribution >= 0.6 is 0 Å². The molecule has 3 aliphatic heterocycles. The molecule has 434 valence electrons. The average molecular weight is 1090 g/mol. The Kier molecular flexibility index (Phi) is 12.9. The first-order valence-electron chi connectivity index (χ1n) is 32.4. The minimum atomic E-state index is -1.42. The highest BCUT2D eigenvalue weighted by Crippen LogP contribution is 2.84. The lowest BCUT2D eigenvalue weighted by atomic mass is 9.31. The summed E-state index contributed by atoms with van der Waals surface area (Å²) in [6, 6.07) is 8.99. The van der Waals surface area contributed by atoms with Crippen molar-refractivity contribution in [2.24, 2.45) is 85.1 Å². The molecule has 80 heavy (non-hydrogen) atoms. The van der Waals surface area contributed by atoms with Gasteiger partial charge in [-0.05, 0) is 216 Å². The standard InChI is InChI=1S/C70H96N2O8/c1-44-21-31-79-69(36-44,60-59(80-60)63(4,77)61(2,42-73)26-18-45-20-30-72-57(71)32-45)55-19-27-70(78)53-35-54(76)52-34-51(75)40-67-50-33-49(65(43-74)24-9-10-25-65)39-68(52,67)58(53)48(37-62(55,70)3)17-16-47-13-6-5-12-46(47)14-11-15-56(67)66(38-50)29-28-64(41-66)22-7-8-23-64/h5-6,12-13,20,32-33,35,44,48,50-52,55-56,58-60,72-75,77-78H,7-10,14,16-19,21-31,34,36-43,71H2,1-4H3. The second-order valence-electron chi connectivity index (χ2n) is 30.9. The minimum absolute atomic E-state index is 0.0183. The van der Waals surface area contributed by atoms with Gasteiger partial charge in [-0.15, -0.1) is 0 Å². The number of aryl methyl sites for hydroxylation is 1. The van der Waals surface area contributed by atoms with Crippen LogP contribution in [0.1, 0.15) is 187 Å². The Hall–Kier alpha value is -3.27. The van der Waals surface area contributed by atoms with Gasteiger partial charge in [0.05, 0.1) is 36.3 Å². The van der Waals surface area contributed by atoms with Crippen molar-refractivity contribution in [2.45, 2.75) is 223 Å². The number of hydrogen-bond donors (Lipinski definition) is 7. The molecule has 0 aromatic heterocycles. The van der Waals surface area contributed by atoms with Gasteiger partial charge in [-0.1, -0.05) is 100 Å². The van der Waals surface area contributed by atoms with Gasteiger partial charge in [0.25, 0.3) is 0 Å². The summed E-state index contributed by atoms with van der Waals surface area (Å²) < 4.78 is 14.4. The molecule has 10 heteroatoms. The smallest absolute Gasteiger partial charge is 0.159 e. The van der Waals surface area contributed by atoms with E-state index in [2.05, 4.69) is 67.4 Å². The molecule has 10 nitrogen and oxygen atoms in total. The molecule has 1 aromatic rings. The molecule has 10 aliphatic carbocycles. The zero-order valence-electron chi connectivity index (χ0n) is 48.9. The van der Waals surface area contributed by atoms with Gasteiger partial charge in [0.2, 0.25) is 0 Å². The van der Waals surface area contributed by atoms with Gasteiger partial charge in [-0.3, -0.25) is 4.79 Å². The van der Waals surface area contributed by atoms with Crippen LogP contribution in [0.2, 0.25) is 0 Å². The molecule has 1 aromatic carbocycles. The molecule has 14 rings (SSSR count). The number of carbonyl (C=O) groups excluding carboxylic acids is 1. The lowest BCUT2D eigenvalue weighted by Gasteiger charge is -2.72. The summed E-state index contributed by atoms with van der Waals surface area (Å²) in [7, 11) is 0. The zero-order valence-corrected chi connectivity index (χ0v) is 48.9. The summed E-state index contributed by atoms with van der Waals surface area (Å²) in [6.07, 6.45) is 29.8. The van der Waals surface area contributed by atoms with E-state index in [1.807, 2.05) is 26.0 Å². The Morgan fingerprint density at radius 2 is 1.69 bits per heavy atom. The number of nitrogens with two attached hydrogens (primary N) is 1. The highest BCUT2D eigenvalue weighted by atomic mass is 16.6. The van der Waals surface area contributed by atoms with E-state index in [4.69, 9.17) is 15.2 Å². The van der Waals surface area contributed by atoms with Crippen molar-refractivity contribution in [3.8, 4) is 11.8 Å². The first kappa shape index (κ1) is 54.7. The van der Waals surface area contributed by atoms with Crippen molar-refractivity contribution in [2.75, 3.05) is 26.4 Å². The maximum atomic E-state index is 16.3.